The molecule has 1 N–H and O–H groups in total. The molecule has 156 valence electrons. The molecule has 4 rings (SSSR count). The lowest BCUT2D eigenvalue weighted by Crippen LogP contribution is -2.42. The zero-order valence-corrected chi connectivity index (χ0v) is 18.3. The number of nitrogens with zero attached hydrogens (tertiary/aromatic N) is 3. The Morgan fingerprint density at radius 1 is 1.23 bits per heavy atom. The van der Waals surface area contributed by atoms with Gasteiger partial charge in [-0.3, -0.25) is 4.79 Å². The maximum Gasteiger partial charge on any atom is 0.232 e. The molecule has 3 aromatic rings. The summed E-state index contributed by atoms with van der Waals surface area (Å²) in [4.78, 5) is 14.2. The van der Waals surface area contributed by atoms with Crippen molar-refractivity contribution < 1.29 is 14.3 Å². The Hall–Kier alpha value is -2.78. The highest BCUT2D eigenvalue weighted by molar-refractivity contribution is 8.01. The number of fused-ring (bicyclic) bond motifs is 1. The third-order valence-electron chi connectivity index (χ3n) is 4.47. The minimum Gasteiger partial charge on any atom is -0.486 e. The van der Waals surface area contributed by atoms with E-state index in [0.29, 0.717) is 29.8 Å². The predicted octanol–water partition coefficient (Wildman–Crippen LogP) is 3.98. The Bertz CT molecular complexity index is 1030. The molecule has 2 aromatic carbocycles. The van der Waals surface area contributed by atoms with Crippen molar-refractivity contribution in [2.75, 3.05) is 31.3 Å². The number of amides is 1. The molecule has 0 bridgehead atoms. The van der Waals surface area contributed by atoms with Crippen LogP contribution in [-0.4, -0.2) is 53.1 Å². The molecule has 1 aliphatic heterocycles. The Kier molecular flexibility index (Phi) is 6.39. The minimum atomic E-state index is -0.189. The molecule has 1 aromatic heterocycles. The van der Waals surface area contributed by atoms with Gasteiger partial charge in [-0.05, 0) is 36.8 Å². The number of rotatable bonds is 7. The first-order chi connectivity index (χ1) is 14.6. The van der Waals surface area contributed by atoms with Crippen LogP contribution in [0, 0.1) is 6.92 Å². The molecule has 30 heavy (non-hydrogen) atoms. The van der Waals surface area contributed by atoms with Crippen LogP contribution in [0.1, 0.15) is 5.56 Å². The van der Waals surface area contributed by atoms with Crippen LogP contribution in [0.2, 0.25) is 0 Å². The van der Waals surface area contributed by atoms with E-state index in [1.165, 1.54) is 28.7 Å². The van der Waals surface area contributed by atoms with Gasteiger partial charge in [0, 0.05) is 12.7 Å². The molecule has 0 radical (unpaired) electrons. The van der Waals surface area contributed by atoms with Crippen molar-refractivity contribution in [2.24, 2.45) is 0 Å². The van der Waals surface area contributed by atoms with E-state index >= 15 is 0 Å². The summed E-state index contributed by atoms with van der Waals surface area (Å²) in [6.45, 7) is 2.92. The van der Waals surface area contributed by atoms with Crippen LogP contribution in [0.5, 0.6) is 11.5 Å². The van der Waals surface area contributed by atoms with E-state index < -0.39 is 0 Å². The molecular formula is C21H22N4O3S2. The van der Waals surface area contributed by atoms with E-state index in [1.807, 2.05) is 55.5 Å². The van der Waals surface area contributed by atoms with Gasteiger partial charge in [0.1, 0.15) is 6.61 Å². The number of carbonyl (C=O) groups excluding carboxylic acids is 1. The summed E-state index contributed by atoms with van der Waals surface area (Å²) in [5.41, 5.74) is 2.14. The number of aromatic nitrogens is 2. The van der Waals surface area contributed by atoms with Crippen molar-refractivity contribution in [1.29, 1.82) is 0 Å². The molecule has 1 amide bonds. The summed E-state index contributed by atoms with van der Waals surface area (Å²) in [7, 11) is 1.78. The number of benzene rings is 2. The average Bonchev–Trinajstić information content (AvgIpc) is 3.19. The lowest BCUT2D eigenvalue weighted by atomic mass is 10.2. The number of aryl methyl sites for hydroxylation is 1. The fourth-order valence-electron chi connectivity index (χ4n) is 2.96. The summed E-state index contributed by atoms with van der Waals surface area (Å²) in [5, 5.41) is 12.3. The maximum absolute atomic E-state index is 12.5. The Labute approximate surface area is 183 Å². The zero-order valence-electron chi connectivity index (χ0n) is 16.7. The second-order valence-electron chi connectivity index (χ2n) is 6.93. The summed E-state index contributed by atoms with van der Waals surface area (Å²) < 4.78 is 12.4. The van der Waals surface area contributed by atoms with Crippen molar-refractivity contribution in [3.63, 3.8) is 0 Å². The number of anilines is 2. The Balaban J connectivity index is 1.25. The predicted molar refractivity (Wildman–Crippen MR) is 119 cm³/mol. The minimum absolute atomic E-state index is 0.00542. The number of hydrogen-bond donors (Lipinski definition) is 1. The SMILES string of the molecule is Cc1cccc(Nc2nnc(SCC(=O)N(C)CC3COc4ccccc4O3)s2)c1. The molecule has 0 saturated carbocycles. The zero-order chi connectivity index (χ0) is 20.9. The van der Waals surface area contributed by atoms with Gasteiger partial charge in [0.15, 0.2) is 21.9 Å². The number of para-hydroxylation sites is 2. The second-order valence-corrected chi connectivity index (χ2v) is 9.13. The topological polar surface area (TPSA) is 76.6 Å². The standard InChI is InChI=1S/C21H22N4O3S2/c1-14-6-5-7-15(10-14)22-20-23-24-21(30-20)29-13-19(26)25(2)11-16-12-27-17-8-3-4-9-18(17)28-16/h3-10,16H,11-13H2,1-2H3,(H,22,23). The third kappa shape index (κ3) is 5.22. The lowest BCUT2D eigenvalue weighted by Gasteiger charge is -2.29. The molecule has 2 heterocycles. The third-order valence-corrected chi connectivity index (χ3v) is 6.42. The number of ether oxygens (including phenoxy) is 2. The van der Waals surface area contributed by atoms with E-state index in [4.69, 9.17) is 9.47 Å². The maximum atomic E-state index is 12.5. The summed E-state index contributed by atoms with van der Waals surface area (Å²) in [6, 6.07) is 15.6. The first kappa shape index (κ1) is 20.5. The fraction of sp³-hybridized carbons (Fsp3) is 0.286. The van der Waals surface area contributed by atoms with Gasteiger partial charge in [0.25, 0.3) is 0 Å². The number of hydrogen-bond acceptors (Lipinski definition) is 8. The molecule has 1 aliphatic rings. The van der Waals surface area contributed by atoms with Crippen molar-refractivity contribution in [3.05, 3.63) is 54.1 Å². The smallest absolute Gasteiger partial charge is 0.232 e. The summed E-state index contributed by atoms with van der Waals surface area (Å²) >= 11 is 2.81. The van der Waals surface area contributed by atoms with Crippen LogP contribution in [0.25, 0.3) is 0 Å². The van der Waals surface area contributed by atoms with Crippen molar-refractivity contribution in [3.8, 4) is 11.5 Å². The van der Waals surface area contributed by atoms with Gasteiger partial charge >= 0.3 is 0 Å². The molecule has 0 saturated heterocycles. The van der Waals surface area contributed by atoms with Crippen LogP contribution >= 0.6 is 23.1 Å². The van der Waals surface area contributed by atoms with Crippen LogP contribution in [-0.2, 0) is 4.79 Å². The average molecular weight is 443 g/mol. The number of likely N-dealkylation sites (N-methyl/N-ethyl adjacent to an activating group) is 1. The van der Waals surface area contributed by atoms with Gasteiger partial charge in [-0.1, -0.05) is 47.4 Å². The van der Waals surface area contributed by atoms with Gasteiger partial charge < -0.3 is 19.7 Å². The van der Waals surface area contributed by atoms with Crippen molar-refractivity contribution in [1.82, 2.24) is 15.1 Å². The fourth-order valence-corrected chi connectivity index (χ4v) is 4.67. The molecule has 1 atom stereocenters. The van der Waals surface area contributed by atoms with Crippen LogP contribution in [0.3, 0.4) is 0 Å². The number of carbonyl (C=O) groups is 1. The van der Waals surface area contributed by atoms with Gasteiger partial charge in [-0.15, -0.1) is 10.2 Å². The quantitative estimate of drug-likeness (QED) is 0.555. The van der Waals surface area contributed by atoms with Crippen LogP contribution < -0.4 is 14.8 Å². The highest BCUT2D eigenvalue weighted by Gasteiger charge is 2.23. The monoisotopic (exact) mass is 442 g/mol. The molecule has 0 spiro atoms. The van der Waals surface area contributed by atoms with E-state index in [-0.39, 0.29) is 12.0 Å². The molecule has 0 aliphatic carbocycles. The number of thioether (sulfide) groups is 1. The van der Waals surface area contributed by atoms with Crippen LogP contribution in [0.4, 0.5) is 10.8 Å². The normalized spacial score (nSPS) is 14.9. The second kappa shape index (κ2) is 9.36. The largest absolute Gasteiger partial charge is 0.486 e. The Morgan fingerprint density at radius 2 is 2.07 bits per heavy atom. The van der Waals surface area contributed by atoms with E-state index in [2.05, 4.69) is 15.5 Å². The highest BCUT2D eigenvalue weighted by Crippen LogP contribution is 2.31. The Morgan fingerprint density at radius 3 is 2.90 bits per heavy atom. The van der Waals surface area contributed by atoms with E-state index in [1.54, 1.807) is 11.9 Å². The van der Waals surface area contributed by atoms with Gasteiger partial charge in [0.2, 0.25) is 11.0 Å². The molecule has 0 fully saturated rings. The highest BCUT2D eigenvalue weighted by atomic mass is 32.2. The van der Waals surface area contributed by atoms with Crippen molar-refractivity contribution in [2.45, 2.75) is 17.4 Å². The van der Waals surface area contributed by atoms with Gasteiger partial charge in [-0.25, -0.2) is 0 Å². The molecule has 1 unspecified atom stereocenters. The van der Waals surface area contributed by atoms with Gasteiger partial charge in [-0.2, -0.15) is 0 Å². The number of nitrogens with one attached hydrogen (secondary N) is 1. The molecule has 9 heteroatoms. The lowest BCUT2D eigenvalue weighted by molar-refractivity contribution is -0.128. The summed E-state index contributed by atoms with van der Waals surface area (Å²) in [5.74, 6) is 1.75. The van der Waals surface area contributed by atoms with E-state index in [0.717, 1.165) is 15.8 Å². The molecular weight excluding hydrogens is 420 g/mol. The van der Waals surface area contributed by atoms with Crippen LogP contribution in [0.15, 0.2) is 52.9 Å². The first-order valence-electron chi connectivity index (χ1n) is 9.49. The first-order valence-corrected chi connectivity index (χ1v) is 11.3. The van der Waals surface area contributed by atoms with E-state index in [9.17, 15) is 4.79 Å². The van der Waals surface area contributed by atoms with Crippen molar-refractivity contribution >= 4 is 39.8 Å². The van der Waals surface area contributed by atoms with Gasteiger partial charge in [0.05, 0.1) is 12.3 Å². The summed E-state index contributed by atoms with van der Waals surface area (Å²) in [6.07, 6.45) is -0.189. The molecule has 7 nitrogen and oxygen atoms in total.